The summed E-state index contributed by atoms with van der Waals surface area (Å²) in [4.78, 5) is 49.4. The highest BCUT2D eigenvalue weighted by atomic mass is 16.5. The van der Waals surface area contributed by atoms with Gasteiger partial charge in [0.05, 0.1) is 35.9 Å². The minimum atomic E-state index is -0.642. The minimum absolute atomic E-state index is 0.0868. The molecule has 0 aliphatic heterocycles. The summed E-state index contributed by atoms with van der Waals surface area (Å²) in [6.45, 7) is 3.28. The van der Waals surface area contributed by atoms with Crippen LogP contribution in [-0.2, 0) is 20.8 Å². The summed E-state index contributed by atoms with van der Waals surface area (Å²) in [7, 11) is 0. The van der Waals surface area contributed by atoms with Gasteiger partial charge in [-0.2, -0.15) is 5.10 Å². The Kier molecular flexibility index (Phi) is 6.76. The van der Waals surface area contributed by atoms with Crippen LogP contribution in [0.15, 0.2) is 53.5 Å². The van der Waals surface area contributed by atoms with Crippen LogP contribution in [-0.4, -0.2) is 40.8 Å². The standard InChI is InChI=1S/C22H21N3O6/c1-3-30-21(28)15-9-16(22(29)31-4-2)11-17(10-15)24-19(26)13-25-20(27)18-8-6-5-7-14(18)12-23-25/h5-12H,3-4,13H2,1-2H3,(H,24,26). The summed E-state index contributed by atoms with van der Waals surface area (Å²) < 4.78 is 11.0. The number of anilines is 1. The molecule has 3 aromatic rings. The average Bonchev–Trinajstić information content (AvgIpc) is 2.76. The van der Waals surface area contributed by atoms with Gasteiger partial charge in [0.15, 0.2) is 0 Å². The molecule has 31 heavy (non-hydrogen) atoms. The van der Waals surface area contributed by atoms with Gasteiger partial charge in [-0.25, -0.2) is 14.3 Å². The van der Waals surface area contributed by atoms with E-state index in [1.807, 2.05) is 0 Å². The van der Waals surface area contributed by atoms with Gasteiger partial charge in [-0.05, 0) is 38.1 Å². The lowest BCUT2D eigenvalue weighted by Gasteiger charge is -2.11. The summed E-state index contributed by atoms with van der Waals surface area (Å²) >= 11 is 0. The van der Waals surface area contributed by atoms with Crippen molar-refractivity contribution in [2.24, 2.45) is 0 Å². The molecule has 160 valence electrons. The van der Waals surface area contributed by atoms with Crippen LogP contribution in [0.5, 0.6) is 0 Å². The SMILES string of the molecule is CCOC(=O)c1cc(NC(=O)Cn2ncc3ccccc3c2=O)cc(C(=O)OCC)c1. The Morgan fingerprint density at radius 3 is 2.19 bits per heavy atom. The first kappa shape index (κ1) is 21.7. The van der Waals surface area contributed by atoms with Crippen molar-refractivity contribution < 1.29 is 23.9 Å². The maximum Gasteiger partial charge on any atom is 0.338 e. The summed E-state index contributed by atoms with van der Waals surface area (Å²) in [6, 6.07) is 11.0. The Labute approximate surface area is 177 Å². The van der Waals surface area contributed by atoms with Crippen LogP contribution in [0.25, 0.3) is 10.8 Å². The number of nitrogens with zero attached hydrogens (tertiary/aromatic N) is 2. The van der Waals surface area contributed by atoms with E-state index in [0.717, 1.165) is 4.68 Å². The molecule has 0 unspecified atom stereocenters. The average molecular weight is 423 g/mol. The fraction of sp³-hybridized carbons (Fsp3) is 0.227. The molecule has 9 nitrogen and oxygen atoms in total. The van der Waals surface area contributed by atoms with Crippen molar-refractivity contribution in [3.8, 4) is 0 Å². The molecular weight excluding hydrogens is 402 g/mol. The molecule has 0 radical (unpaired) electrons. The molecule has 1 N–H and O–H groups in total. The zero-order valence-corrected chi connectivity index (χ0v) is 17.1. The smallest absolute Gasteiger partial charge is 0.338 e. The van der Waals surface area contributed by atoms with Crippen molar-refractivity contribution in [3.05, 3.63) is 70.1 Å². The van der Waals surface area contributed by atoms with Crippen molar-refractivity contribution >= 4 is 34.3 Å². The Hall–Kier alpha value is -4.01. The second-order valence-corrected chi connectivity index (χ2v) is 6.48. The Morgan fingerprint density at radius 2 is 1.58 bits per heavy atom. The first-order chi connectivity index (χ1) is 14.9. The topological polar surface area (TPSA) is 117 Å². The third kappa shape index (κ3) is 5.13. The number of hydrogen-bond donors (Lipinski definition) is 1. The van der Waals surface area contributed by atoms with Crippen LogP contribution in [0.3, 0.4) is 0 Å². The molecule has 3 rings (SSSR count). The van der Waals surface area contributed by atoms with Crippen molar-refractivity contribution in [1.29, 1.82) is 0 Å². The fourth-order valence-electron chi connectivity index (χ4n) is 2.94. The Balaban J connectivity index is 1.86. The van der Waals surface area contributed by atoms with E-state index in [9.17, 15) is 19.2 Å². The molecule has 2 aromatic carbocycles. The molecule has 0 bridgehead atoms. The van der Waals surface area contributed by atoms with Gasteiger partial charge in [-0.15, -0.1) is 0 Å². The monoisotopic (exact) mass is 423 g/mol. The fourth-order valence-corrected chi connectivity index (χ4v) is 2.94. The number of fused-ring (bicyclic) bond motifs is 1. The van der Waals surface area contributed by atoms with Crippen LogP contribution < -0.4 is 10.9 Å². The van der Waals surface area contributed by atoms with Crippen LogP contribution in [0, 0.1) is 0 Å². The number of carbonyl (C=O) groups is 3. The summed E-state index contributed by atoms with van der Waals surface area (Å²) in [6.07, 6.45) is 1.50. The number of nitrogens with one attached hydrogen (secondary N) is 1. The number of hydrogen-bond acceptors (Lipinski definition) is 7. The number of ether oxygens (including phenoxy) is 2. The van der Waals surface area contributed by atoms with E-state index >= 15 is 0 Å². The van der Waals surface area contributed by atoms with Gasteiger partial charge in [0, 0.05) is 11.1 Å². The molecule has 1 heterocycles. The van der Waals surface area contributed by atoms with Crippen molar-refractivity contribution in [2.45, 2.75) is 20.4 Å². The van der Waals surface area contributed by atoms with Crippen LogP contribution in [0.4, 0.5) is 5.69 Å². The molecule has 0 fully saturated rings. The van der Waals surface area contributed by atoms with Gasteiger partial charge in [0.2, 0.25) is 5.91 Å². The van der Waals surface area contributed by atoms with Crippen molar-refractivity contribution in [1.82, 2.24) is 9.78 Å². The lowest BCUT2D eigenvalue weighted by atomic mass is 10.1. The van der Waals surface area contributed by atoms with E-state index < -0.39 is 23.4 Å². The Morgan fingerprint density at radius 1 is 0.968 bits per heavy atom. The van der Waals surface area contributed by atoms with E-state index in [-0.39, 0.29) is 36.6 Å². The van der Waals surface area contributed by atoms with E-state index in [0.29, 0.717) is 10.8 Å². The first-order valence-corrected chi connectivity index (χ1v) is 9.67. The molecular formula is C22H21N3O6. The summed E-state index contributed by atoms with van der Waals surface area (Å²) in [5, 5.41) is 7.72. The van der Waals surface area contributed by atoms with Crippen molar-refractivity contribution in [3.63, 3.8) is 0 Å². The zero-order valence-electron chi connectivity index (χ0n) is 17.1. The van der Waals surface area contributed by atoms with Crippen LogP contribution in [0.2, 0.25) is 0 Å². The van der Waals surface area contributed by atoms with Crippen molar-refractivity contribution in [2.75, 3.05) is 18.5 Å². The predicted octanol–water partition coefficient (Wildman–Crippen LogP) is 2.39. The molecule has 0 saturated heterocycles. The highest BCUT2D eigenvalue weighted by Gasteiger charge is 2.16. The number of aromatic nitrogens is 2. The van der Waals surface area contributed by atoms with Gasteiger partial charge in [-0.3, -0.25) is 9.59 Å². The number of esters is 2. The third-order valence-electron chi connectivity index (χ3n) is 4.29. The molecule has 0 spiro atoms. The van der Waals surface area contributed by atoms with Gasteiger partial charge in [0.25, 0.3) is 5.56 Å². The van der Waals surface area contributed by atoms with Crippen LogP contribution in [0.1, 0.15) is 34.6 Å². The second-order valence-electron chi connectivity index (χ2n) is 6.48. The first-order valence-electron chi connectivity index (χ1n) is 9.67. The van der Waals surface area contributed by atoms with E-state index in [1.54, 1.807) is 38.1 Å². The lowest BCUT2D eigenvalue weighted by Crippen LogP contribution is -2.29. The molecule has 0 saturated carbocycles. The highest BCUT2D eigenvalue weighted by Crippen LogP contribution is 2.17. The second kappa shape index (κ2) is 9.66. The lowest BCUT2D eigenvalue weighted by molar-refractivity contribution is -0.117. The van der Waals surface area contributed by atoms with Gasteiger partial charge in [0.1, 0.15) is 6.54 Å². The summed E-state index contributed by atoms with van der Waals surface area (Å²) in [5.41, 5.74) is -0.0411. The molecule has 0 aliphatic carbocycles. The minimum Gasteiger partial charge on any atom is -0.462 e. The van der Waals surface area contributed by atoms with Gasteiger partial charge < -0.3 is 14.8 Å². The number of rotatable bonds is 7. The quantitative estimate of drug-likeness (QED) is 0.580. The summed E-state index contributed by atoms with van der Waals surface area (Å²) in [5.74, 6) is -1.84. The molecule has 0 aliphatic rings. The molecule has 1 amide bonds. The van der Waals surface area contributed by atoms with Crippen LogP contribution >= 0.6 is 0 Å². The normalized spacial score (nSPS) is 10.5. The Bertz CT molecular complexity index is 1170. The third-order valence-corrected chi connectivity index (χ3v) is 4.29. The highest BCUT2D eigenvalue weighted by molar-refractivity contribution is 5.99. The maximum atomic E-state index is 12.5. The number of benzene rings is 2. The van der Waals surface area contributed by atoms with Gasteiger partial charge in [-0.1, -0.05) is 18.2 Å². The largest absolute Gasteiger partial charge is 0.462 e. The maximum absolute atomic E-state index is 12.5. The van der Waals surface area contributed by atoms with E-state index in [4.69, 9.17) is 9.47 Å². The number of amides is 1. The van der Waals surface area contributed by atoms with Gasteiger partial charge >= 0.3 is 11.9 Å². The molecule has 9 heteroatoms. The van der Waals surface area contributed by atoms with E-state index in [2.05, 4.69) is 10.4 Å². The number of carbonyl (C=O) groups excluding carboxylic acids is 3. The van der Waals surface area contributed by atoms with E-state index in [1.165, 1.54) is 24.4 Å². The predicted molar refractivity (Wildman–Crippen MR) is 113 cm³/mol. The molecule has 0 atom stereocenters. The zero-order chi connectivity index (χ0) is 22.4. The molecule has 1 aromatic heterocycles.